The molecule has 1 aliphatic carbocycles. The van der Waals surface area contributed by atoms with E-state index in [0.717, 1.165) is 35.0 Å². The van der Waals surface area contributed by atoms with E-state index in [-0.39, 0.29) is 18.0 Å². The van der Waals surface area contributed by atoms with Crippen molar-refractivity contribution in [3.63, 3.8) is 0 Å². The summed E-state index contributed by atoms with van der Waals surface area (Å²) in [6, 6.07) is 5.81. The highest BCUT2D eigenvalue weighted by Gasteiger charge is 2.22. The topological polar surface area (TPSA) is 106 Å². The highest BCUT2D eigenvalue weighted by Crippen LogP contribution is 2.33. The second-order valence-electron chi connectivity index (χ2n) is 7.65. The van der Waals surface area contributed by atoms with Crippen molar-refractivity contribution >= 4 is 22.5 Å². The van der Waals surface area contributed by atoms with Crippen LogP contribution in [0, 0.1) is 13.8 Å². The molecule has 2 aromatic heterocycles. The zero-order chi connectivity index (χ0) is 19.8. The number of aryl methyl sites for hydroxylation is 2. The number of carbonyl (C=O) groups is 1. The van der Waals surface area contributed by atoms with Crippen LogP contribution >= 0.6 is 0 Å². The summed E-state index contributed by atoms with van der Waals surface area (Å²) in [5.74, 6) is -0.261. The van der Waals surface area contributed by atoms with Gasteiger partial charge in [-0.3, -0.25) is 14.3 Å². The zero-order valence-electron chi connectivity index (χ0n) is 16.2. The maximum Gasteiger partial charge on any atom is 0.253 e. The fraction of sp³-hybridized carbons (Fsp3) is 0.381. The molecule has 1 saturated carbocycles. The first kappa shape index (κ1) is 18.3. The van der Waals surface area contributed by atoms with Crippen molar-refractivity contribution in [1.82, 2.24) is 20.1 Å². The largest absolute Gasteiger partial charge is 0.399 e. The van der Waals surface area contributed by atoms with Gasteiger partial charge in [0.25, 0.3) is 11.5 Å². The number of nitrogens with two attached hydrogens (primary N) is 1. The van der Waals surface area contributed by atoms with E-state index in [4.69, 9.17) is 5.73 Å². The van der Waals surface area contributed by atoms with Crippen LogP contribution in [0.2, 0.25) is 0 Å². The van der Waals surface area contributed by atoms with Crippen molar-refractivity contribution in [3.8, 4) is 0 Å². The molecule has 1 aromatic carbocycles. The second-order valence-corrected chi connectivity index (χ2v) is 7.65. The third-order valence-corrected chi connectivity index (χ3v) is 5.57. The normalized spacial score (nSPS) is 14.6. The summed E-state index contributed by atoms with van der Waals surface area (Å²) in [5.41, 5.74) is 10.0. The molecule has 0 aliphatic heterocycles. The Labute approximate surface area is 162 Å². The van der Waals surface area contributed by atoms with E-state index >= 15 is 0 Å². The van der Waals surface area contributed by atoms with Crippen molar-refractivity contribution in [2.24, 2.45) is 0 Å². The number of rotatable bonds is 4. The van der Waals surface area contributed by atoms with Gasteiger partial charge >= 0.3 is 0 Å². The molecule has 7 heteroatoms. The number of hydrogen-bond donors (Lipinski definition) is 3. The summed E-state index contributed by atoms with van der Waals surface area (Å²) in [7, 11) is 0. The van der Waals surface area contributed by atoms with E-state index in [1.54, 1.807) is 12.3 Å². The fourth-order valence-electron chi connectivity index (χ4n) is 4.16. The predicted molar refractivity (Wildman–Crippen MR) is 109 cm³/mol. The lowest BCUT2D eigenvalue weighted by Gasteiger charge is -2.13. The van der Waals surface area contributed by atoms with E-state index in [1.165, 1.54) is 12.8 Å². The number of hydrogen-bond acceptors (Lipinski definition) is 4. The molecule has 0 radical (unpaired) electrons. The number of aromatic amines is 1. The Morgan fingerprint density at radius 1 is 1.29 bits per heavy atom. The highest BCUT2D eigenvalue weighted by molar-refractivity contribution is 6.07. The van der Waals surface area contributed by atoms with Crippen molar-refractivity contribution in [3.05, 3.63) is 57.1 Å². The molecule has 146 valence electrons. The lowest BCUT2D eigenvalue weighted by Crippen LogP contribution is -2.28. The second kappa shape index (κ2) is 7.14. The minimum absolute atomic E-state index is 0.160. The van der Waals surface area contributed by atoms with Crippen LogP contribution in [0.25, 0.3) is 10.9 Å². The van der Waals surface area contributed by atoms with Crippen molar-refractivity contribution in [1.29, 1.82) is 0 Å². The number of nitrogen functional groups attached to an aromatic ring is 1. The average molecular weight is 379 g/mol. The molecule has 28 heavy (non-hydrogen) atoms. The number of aromatic nitrogens is 3. The Bertz CT molecular complexity index is 1110. The molecule has 0 saturated heterocycles. The van der Waals surface area contributed by atoms with E-state index < -0.39 is 0 Å². The number of nitrogens with one attached hydrogen (secondary N) is 2. The van der Waals surface area contributed by atoms with E-state index in [2.05, 4.69) is 15.4 Å². The number of fused-ring (bicyclic) bond motifs is 1. The van der Waals surface area contributed by atoms with Gasteiger partial charge in [0.1, 0.15) is 0 Å². The Morgan fingerprint density at radius 3 is 2.75 bits per heavy atom. The van der Waals surface area contributed by atoms with Gasteiger partial charge < -0.3 is 16.0 Å². The van der Waals surface area contributed by atoms with Crippen LogP contribution in [-0.4, -0.2) is 20.7 Å². The summed E-state index contributed by atoms with van der Waals surface area (Å²) in [6.07, 6.45) is 6.34. The molecule has 4 rings (SSSR count). The van der Waals surface area contributed by atoms with Gasteiger partial charge in [0, 0.05) is 28.9 Å². The van der Waals surface area contributed by atoms with Crippen LogP contribution in [0.15, 0.2) is 29.2 Å². The lowest BCUT2D eigenvalue weighted by atomic mass is 10.1. The maximum atomic E-state index is 12.9. The molecule has 1 fully saturated rings. The quantitative estimate of drug-likeness (QED) is 0.606. The molecular formula is C21H25N5O2. The Hall–Kier alpha value is -3.09. The van der Waals surface area contributed by atoms with Crippen molar-refractivity contribution in [2.75, 3.05) is 5.73 Å². The first-order valence-electron chi connectivity index (χ1n) is 9.68. The highest BCUT2D eigenvalue weighted by atomic mass is 16.1. The van der Waals surface area contributed by atoms with Crippen LogP contribution in [0.4, 0.5) is 5.69 Å². The van der Waals surface area contributed by atoms with Gasteiger partial charge in [-0.2, -0.15) is 5.10 Å². The van der Waals surface area contributed by atoms with Gasteiger partial charge in [-0.05, 0) is 50.5 Å². The summed E-state index contributed by atoms with van der Waals surface area (Å²) < 4.78 is 2.00. The molecule has 1 aliphatic rings. The van der Waals surface area contributed by atoms with Gasteiger partial charge in [-0.1, -0.05) is 12.8 Å². The number of anilines is 1. The summed E-state index contributed by atoms with van der Waals surface area (Å²) in [5, 5.41) is 8.19. The lowest BCUT2D eigenvalue weighted by molar-refractivity contribution is 0.0952. The number of amides is 1. The van der Waals surface area contributed by atoms with Crippen molar-refractivity contribution < 1.29 is 4.79 Å². The standard InChI is InChI=1S/C21H25N5O2/c1-12-7-13(2)25-21(28)17(12)10-23-20(27)16-8-14(22)9-19-18(16)11-24-26(19)15-5-3-4-6-15/h7-9,11,15H,3-6,10,22H2,1-2H3,(H,23,27)(H,25,28). The van der Waals surface area contributed by atoms with Gasteiger partial charge in [0.15, 0.2) is 0 Å². The Morgan fingerprint density at radius 2 is 2.04 bits per heavy atom. The first-order valence-corrected chi connectivity index (χ1v) is 9.68. The maximum absolute atomic E-state index is 12.9. The third-order valence-electron chi connectivity index (χ3n) is 5.57. The van der Waals surface area contributed by atoms with E-state index in [9.17, 15) is 9.59 Å². The monoisotopic (exact) mass is 379 g/mol. The molecule has 0 bridgehead atoms. The molecule has 0 spiro atoms. The Balaban J connectivity index is 1.63. The minimum Gasteiger partial charge on any atom is -0.399 e. The van der Waals surface area contributed by atoms with Crippen LogP contribution in [0.5, 0.6) is 0 Å². The molecule has 7 nitrogen and oxygen atoms in total. The molecule has 0 atom stereocenters. The number of nitrogens with zero attached hydrogens (tertiary/aromatic N) is 2. The summed E-state index contributed by atoms with van der Waals surface area (Å²) in [6.45, 7) is 3.86. The van der Waals surface area contributed by atoms with Gasteiger partial charge in [0.2, 0.25) is 0 Å². The van der Waals surface area contributed by atoms with Crippen LogP contribution in [0.3, 0.4) is 0 Å². The molecular weight excluding hydrogens is 354 g/mol. The van der Waals surface area contributed by atoms with E-state index in [0.29, 0.717) is 22.9 Å². The van der Waals surface area contributed by atoms with Crippen LogP contribution < -0.4 is 16.6 Å². The fourth-order valence-corrected chi connectivity index (χ4v) is 4.16. The summed E-state index contributed by atoms with van der Waals surface area (Å²) in [4.78, 5) is 27.9. The molecule has 2 heterocycles. The predicted octanol–water partition coefficient (Wildman–Crippen LogP) is 2.97. The number of pyridine rings is 1. The zero-order valence-corrected chi connectivity index (χ0v) is 16.2. The summed E-state index contributed by atoms with van der Waals surface area (Å²) >= 11 is 0. The van der Waals surface area contributed by atoms with Gasteiger partial charge in [-0.15, -0.1) is 0 Å². The van der Waals surface area contributed by atoms with Crippen molar-refractivity contribution in [2.45, 2.75) is 52.1 Å². The number of carbonyl (C=O) groups excluding carboxylic acids is 1. The third kappa shape index (κ3) is 3.28. The molecule has 4 N–H and O–H groups in total. The number of benzene rings is 1. The Kier molecular flexibility index (Phi) is 4.66. The molecule has 0 unspecified atom stereocenters. The van der Waals surface area contributed by atoms with Crippen LogP contribution in [0.1, 0.15) is 58.9 Å². The first-order chi connectivity index (χ1) is 13.4. The minimum atomic E-state index is -0.261. The van der Waals surface area contributed by atoms with Gasteiger partial charge in [-0.25, -0.2) is 0 Å². The van der Waals surface area contributed by atoms with Gasteiger partial charge in [0.05, 0.1) is 23.3 Å². The smallest absolute Gasteiger partial charge is 0.253 e. The SMILES string of the molecule is Cc1cc(C)c(CNC(=O)c2cc(N)cc3c2cnn3C2CCCC2)c(=O)[nH]1. The average Bonchev–Trinajstić information content (AvgIpc) is 3.28. The molecule has 3 aromatic rings. The molecule has 1 amide bonds. The van der Waals surface area contributed by atoms with E-state index in [1.807, 2.05) is 30.7 Å². The van der Waals surface area contributed by atoms with Crippen LogP contribution in [-0.2, 0) is 6.54 Å². The number of H-pyrrole nitrogens is 1.